The van der Waals surface area contributed by atoms with Gasteiger partial charge in [-0.15, -0.1) is 11.3 Å². The number of piperidine rings is 1. The maximum absolute atomic E-state index is 12.0. The van der Waals surface area contributed by atoms with Crippen LogP contribution < -0.4 is 5.32 Å². The molecule has 0 radical (unpaired) electrons. The Kier molecular flexibility index (Phi) is 6.91. The van der Waals surface area contributed by atoms with Gasteiger partial charge in [-0.25, -0.2) is 0 Å². The summed E-state index contributed by atoms with van der Waals surface area (Å²) in [5.74, 6) is 0.779. The Morgan fingerprint density at radius 3 is 3.15 bits per heavy atom. The van der Waals surface area contributed by atoms with E-state index in [0.29, 0.717) is 13.2 Å². The van der Waals surface area contributed by atoms with Gasteiger partial charge in [0.2, 0.25) is 0 Å². The maximum Gasteiger partial charge on any atom is 0.310 e. The molecule has 1 saturated heterocycles. The molecule has 3 rings (SSSR count). The van der Waals surface area contributed by atoms with E-state index in [-0.39, 0.29) is 11.9 Å². The Labute approximate surface area is 160 Å². The Bertz CT molecular complexity index is 631. The molecule has 144 valence electrons. The van der Waals surface area contributed by atoms with Crippen molar-refractivity contribution in [2.24, 2.45) is 10.9 Å². The summed E-state index contributed by atoms with van der Waals surface area (Å²) in [6, 6.07) is 2.25. The van der Waals surface area contributed by atoms with Crippen molar-refractivity contribution in [1.82, 2.24) is 15.1 Å². The number of thiophene rings is 1. The van der Waals surface area contributed by atoms with E-state index in [1.165, 1.54) is 5.56 Å². The van der Waals surface area contributed by atoms with Crippen molar-refractivity contribution in [3.8, 4) is 0 Å². The minimum absolute atomic E-state index is 0.0404. The summed E-state index contributed by atoms with van der Waals surface area (Å²) in [5.41, 5.74) is 1.49. The molecule has 0 amide bonds. The van der Waals surface area contributed by atoms with Gasteiger partial charge in [-0.3, -0.25) is 14.7 Å². The summed E-state index contributed by atoms with van der Waals surface area (Å²) in [4.78, 5) is 22.7. The first kappa shape index (κ1) is 19.2. The zero-order valence-corrected chi connectivity index (χ0v) is 16.7. The highest BCUT2D eigenvalue weighted by Gasteiger charge is 2.28. The average Bonchev–Trinajstić information content (AvgIpc) is 3.13. The fraction of sp³-hybridized carbons (Fsp3) is 0.684. The van der Waals surface area contributed by atoms with E-state index in [1.807, 2.05) is 25.3 Å². The zero-order chi connectivity index (χ0) is 18.4. The van der Waals surface area contributed by atoms with Crippen molar-refractivity contribution < 1.29 is 9.53 Å². The number of likely N-dealkylation sites (tertiary alicyclic amines) is 1. The number of fused-ring (bicyclic) bond motifs is 1. The molecule has 1 aromatic heterocycles. The molecule has 1 atom stereocenters. The molecule has 2 aliphatic heterocycles. The molecule has 6 nitrogen and oxygen atoms in total. The van der Waals surface area contributed by atoms with Gasteiger partial charge in [-0.1, -0.05) is 0 Å². The van der Waals surface area contributed by atoms with Crippen molar-refractivity contribution in [2.45, 2.75) is 32.7 Å². The molecule has 2 aliphatic rings. The van der Waals surface area contributed by atoms with E-state index in [9.17, 15) is 4.79 Å². The van der Waals surface area contributed by atoms with Gasteiger partial charge in [0.1, 0.15) is 0 Å². The lowest BCUT2D eigenvalue weighted by molar-refractivity contribution is -0.149. The highest BCUT2D eigenvalue weighted by atomic mass is 32.1. The topological polar surface area (TPSA) is 57.2 Å². The van der Waals surface area contributed by atoms with Crippen LogP contribution in [-0.2, 0) is 22.5 Å². The number of carbonyl (C=O) groups is 1. The van der Waals surface area contributed by atoms with E-state index in [4.69, 9.17) is 4.74 Å². The summed E-state index contributed by atoms with van der Waals surface area (Å²) in [6.45, 7) is 7.99. The number of carbonyl (C=O) groups excluding carboxylic acids is 1. The summed E-state index contributed by atoms with van der Waals surface area (Å²) >= 11 is 1.88. The molecule has 0 aliphatic carbocycles. The molecule has 1 fully saturated rings. The van der Waals surface area contributed by atoms with Crippen LogP contribution in [0.3, 0.4) is 0 Å². The first-order chi connectivity index (χ1) is 12.7. The summed E-state index contributed by atoms with van der Waals surface area (Å²) in [7, 11) is 1.81. The molecular formula is C19H30N4O2S. The van der Waals surface area contributed by atoms with Gasteiger partial charge in [-0.2, -0.15) is 0 Å². The molecular weight excluding hydrogens is 348 g/mol. The highest BCUT2D eigenvalue weighted by Crippen LogP contribution is 2.23. The molecule has 3 heterocycles. The number of guanidine groups is 1. The quantitative estimate of drug-likeness (QED) is 0.482. The lowest BCUT2D eigenvalue weighted by atomic mass is 9.98. The van der Waals surface area contributed by atoms with Crippen LogP contribution in [0.2, 0.25) is 0 Å². The van der Waals surface area contributed by atoms with Gasteiger partial charge >= 0.3 is 5.97 Å². The van der Waals surface area contributed by atoms with Crippen molar-refractivity contribution in [2.75, 3.05) is 46.4 Å². The average molecular weight is 379 g/mol. The van der Waals surface area contributed by atoms with Gasteiger partial charge < -0.3 is 15.0 Å². The number of ether oxygens (including phenoxy) is 1. The molecule has 0 bridgehead atoms. The van der Waals surface area contributed by atoms with Crippen molar-refractivity contribution >= 4 is 23.3 Å². The largest absolute Gasteiger partial charge is 0.466 e. The second-order valence-corrected chi connectivity index (χ2v) is 7.91. The lowest BCUT2D eigenvalue weighted by Gasteiger charge is -2.34. The summed E-state index contributed by atoms with van der Waals surface area (Å²) in [6.07, 6.45) is 3.06. The number of nitrogens with zero attached hydrogens (tertiary/aromatic N) is 3. The maximum atomic E-state index is 12.0. The van der Waals surface area contributed by atoms with Gasteiger partial charge in [0.05, 0.1) is 12.5 Å². The van der Waals surface area contributed by atoms with E-state index in [0.717, 1.165) is 57.9 Å². The molecule has 1 aromatic rings. The standard InChI is InChI=1S/C19H30N4O2S/c1-3-25-18(24)16-5-4-9-23(14-16)19(20-2)21-8-11-22-10-6-17-15(13-22)7-12-26-17/h7,12,16H,3-6,8-11,13-14H2,1-2H3,(H,20,21). The molecule has 0 saturated carbocycles. The van der Waals surface area contributed by atoms with Gasteiger partial charge in [0.15, 0.2) is 5.96 Å². The molecule has 7 heteroatoms. The van der Waals surface area contributed by atoms with E-state index in [2.05, 4.69) is 31.6 Å². The van der Waals surface area contributed by atoms with E-state index < -0.39 is 0 Å². The first-order valence-corrected chi connectivity index (χ1v) is 10.5. The number of hydrogen-bond donors (Lipinski definition) is 1. The third-order valence-electron chi connectivity index (χ3n) is 5.15. The third kappa shape index (κ3) is 4.76. The van der Waals surface area contributed by atoms with Crippen LogP contribution in [0, 0.1) is 5.92 Å². The molecule has 0 aromatic carbocycles. The monoisotopic (exact) mass is 378 g/mol. The molecule has 1 unspecified atom stereocenters. The SMILES string of the molecule is CCOC(=O)C1CCCN(C(=NC)NCCN2CCc3sccc3C2)C1. The second-order valence-electron chi connectivity index (χ2n) is 6.91. The smallest absolute Gasteiger partial charge is 0.310 e. The third-order valence-corrected chi connectivity index (χ3v) is 6.17. The molecule has 26 heavy (non-hydrogen) atoms. The minimum atomic E-state index is -0.0764. The number of nitrogens with one attached hydrogen (secondary N) is 1. The number of esters is 1. The van der Waals surface area contributed by atoms with Crippen LogP contribution in [-0.4, -0.2) is 68.1 Å². The Morgan fingerprint density at radius 1 is 1.46 bits per heavy atom. The van der Waals surface area contributed by atoms with E-state index >= 15 is 0 Å². The normalized spacial score (nSPS) is 21.4. The summed E-state index contributed by atoms with van der Waals surface area (Å²) < 4.78 is 5.19. The second kappa shape index (κ2) is 9.37. The number of aliphatic imine (C=N–C) groups is 1. The fourth-order valence-corrected chi connectivity index (χ4v) is 4.67. The van der Waals surface area contributed by atoms with Crippen LogP contribution in [0.4, 0.5) is 0 Å². The van der Waals surface area contributed by atoms with Gasteiger partial charge in [0, 0.05) is 51.2 Å². The predicted molar refractivity (Wildman–Crippen MR) is 106 cm³/mol. The Morgan fingerprint density at radius 2 is 2.35 bits per heavy atom. The van der Waals surface area contributed by atoms with Crippen LogP contribution >= 0.6 is 11.3 Å². The summed E-state index contributed by atoms with van der Waals surface area (Å²) in [5, 5.41) is 5.68. The molecule has 1 N–H and O–H groups in total. The first-order valence-electron chi connectivity index (χ1n) is 9.61. The van der Waals surface area contributed by atoms with Crippen molar-refractivity contribution in [1.29, 1.82) is 0 Å². The Balaban J connectivity index is 1.45. The van der Waals surface area contributed by atoms with Crippen molar-refractivity contribution in [3.63, 3.8) is 0 Å². The van der Waals surface area contributed by atoms with Crippen LogP contribution in [0.25, 0.3) is 0 Å². The highest BCUT2D eigenvalue weighted by molar-refractivity contribution is 7.10. The predicted octanol–water partition coefficient (Wildman–Crippen LogP) is 1.96. The van der Waals surface area contributed by atoms with Crippen LogP contribution in [0.15, 0.2) is 16.4 Å². The van der Waals surface area contributed by atoms with Crippen molar-refractivity contribution in [3.05, 3.63) is 21.9 Å². The molecule has 0 spiro atoms. The fourth-order valence-electron chi connectivity index (χ4n) is 3.78. The van der Waals surface area contributed by atoms with Gasteiger partial charge in [0.25, 0.3) is 0 Å². The minimum Gasteiger partial charge on any atom is -0.466 e. The van der Waals surface area contributed by atoms with Crippen LogP contribution in [0.1, 0.15) is 30.2 Å². The number of rotatable bonds is 5. The lowest BCUT2D eigenvalue weighted by Crippen LogP contribution is -2.49. The number of hydrogen-bond acceptors (Lipinski definition) is 5. The Hall–Kier alpha value is -1.60. The van der Waals surface area contributed by atoms with E-state index in [1.54, 1.807) is 4.88 Å². The van der Waals surface area contributed by atoms with Crippen LogP contribution in [0.5, 0.6) is 0 Å². The zero-order valence-electron chi connectivity index (χ0n) is 15.9. The van der Waals surface area contributed by atoms with Gasteiger partial charge in [-0.05, 0) is 43.2 Å².